The molecule has 3 aliphatic heterocycles. The van der Waals surface area contributed by atoms with Crippen LogP contribution < -0.4 is 4.90 Å². The lowest BCUT2D eigenvalue weighted by Crippen LogP contribution is -3.20. The number of piperidine rings is 3. The SMILES string of the molecule is CC[C@H]1C[NH+]2CC[C@H]1C[C@@H]2[C@H](O)c1ccnc2ccccc12. The molecular weight excluding hydrogens is 272 g/mol. The van der Waals surface area contributed by atoms with E-state index in [9.17, 15) is 5.11 Å². The van der Waals surface area contributed by atoms with Gasteiger partial charge in [-0.1, -0.05) is 25.1 Å². The van der Waals surface area contributed by atoms with Crippen LogP contribution in [0.1, 0.15) is 37.9 Å². The minimum Gasteiger partial charge on any atom is -0.382 e. The smallest absolute Gasteiger partial charge is 0.131 e. The number of nitrogens with zero attached hydrogens (tertiary/aromatic N) is 1. The molecule has 5 atom stereocenters. The third kappa shape index (κ3) is 2.24. The molecule has 3 nitrogen and oxygen atoms in total. The third-order valence-corrected chi connectivity index (χ3v) is 6.02. The largest absolute Gasteiger partial charge is 0.382 e. The van der Waals surface area contributed by atoms with E-state index in [1.54, 1.807) is 4.90 Å². The van der Waals surface area contributed by atoms with Crippen LogP contribution in [0.15, 0.2) is 36.5 Å². The Labute approximate surface area is 132 Å². The lowest BCUT2D eigenvalue weighted by molar-refractivity contribution is -0.950. The van der Waals surface area contributed by atoms with E-state index in [4.69, 9.17) is 0 Å². The summed E-state index contributed by atoms with van der Waals surface area (Å²) in [5.74, 6) is 1.68. The van der Waals surface area contributed by atoms with Crippen LogP contribution in [-0.2, 0) is 0 Å². The summed E-state index contributed by atoms with van der Waals surface area (Å²) in [5.41, 5.74) is 2.04. The Bertz CT molecular complexity index is 666. The van der Waals surface area contributed by atoms with Gasteiger partial charge in [-0.3, -0.25) is 4.98 Å². The molecule has 0 amide bonds. The maximum Gasteiger partial charge on any atom is 0.131 e. The molecule has 2 bridgehead atoms. The van der Waals surface area contributed by atoms with Gasteiger partial charge in [0.25, 0.3) is 0 Å². The van der Waals surface area contributed by atoms with Gasteiger partial charge in [0.15, 0.2) is 0 Å². The highest BCUT2D eigenvalue weighted by atomic mass is 16.3. The highest BCUT2D eigenvalue weighted by molar-refractivity contribution is 5.82. The molecule has 116 valence electrons. The summed E-state index contributed by atoms with van der Waals surface area (Å²) in [7, 11) is 0. The van der Waals surface area contributed by atoms with Crippen LogP contribution in [0.5, 0.6) is 0 Å². The van der Waals surface area contributed by atoms with Gasteiger partial charge in [0, 0.05) is 30.3 Å². The molecule has 22 heavy (non-hydrogen) atoms. The summed E-state index contributed by atoms with van der Waals surface area (Å²) in [6.45, 7) is 4.78. The molecule has 0 radical (unpaired) electrons. The van der Waals surface area contributed by atoms with Crippen molar-refractivity contribution in [2.45, 2.75) is 38.3 Å². The Kier molecular flexibility index (Phi) is 3.63. The maximum absolute atomic E-state index is 11.1. The van der Waals surface area contributed by atoms with E-state index in [1.165, 1.54) is 32.4 Å². The van der Waals surface area contributed by atoms with Gasteiger partial charge >= 0.3 is 0 Å². The number of aromatic nitrogens is 1. The monoisotopic (exact) mass is 297 g/mol. The minimum atomic E-state index is -0.372. The fourth-order valence-electron chi connectivity index (χ4n) is 4.77. The van der Waals surface area contributed by atoms with Gasteiger partial charge in [-0.05, 0) is 30.0 Å². The van der Waals surface area contributed by atoms with Crippen molar-refractivity contribution in [2.24, 2.45) is 11.8 Å². The summed E-state index contributed by atoms with van der Waals surface area (Å²) in [6, 6.07) is 10.5. The molecule has 1 unspecified atom stereocenters. The van der Waals surface area contributed by atoms with Crippen LogP contribution >= 0.6 is 0 Å². The number of rotatable bonds is 3. The molecule has 3 aliphatic rings. The quantitative estimate of drug-likeness (QED) is 0.909. The molecular formula is C19H25N2O+. The number of para-hydroxylation sites is 1. The van der Waals surface area contributed by atoms with Crippen LogP contribution in [0.25, 0.3) is 10.9 Å². The second-order valence-electron chi connectivity index (χ2n) is 7.03. The number of aliphatic hydroxyl groups is 1. The topological polar surface area (TPSA) is 37.6 Å². The molecule has 2 aromatic rings. The van der Waals surface area contributed by atoms with E-state index in [2.05, 4.69) is 18.0 Å². The first-order valence-electron chi connectivity index (χ1n) is 8.64. The van der Waals surface area contributed by atoms with E-state index in [0.717, 1.165) is 28.3 Å². The van der Waals surface area contributed by atoms with Crippen molar-refractivity contribution in [1.82, 2.24) is 4.98 Å². The Morgan fingerprint density at radius 2 is 2.18 bits per heavy atom. The highest BCUT2D eigenvalue weighted by Crippen LogP contribution is 2.34. The Morgan fingerprint density at radius 1 is 1.32 bits per heavy atom. The summed E-state index contributed by atoms with van der Waals surface area (Å²) in [5, 5.41) is 12.2. The zero-order valence-electron chi connectivity index (χ0n) is 13.2. The third-order valence-electron chi connectivity index (χ3n) is 6.02. The first kappa shape index (κ1) is 14.2. The molecule has 0 aliphatic carbocycles. The molecule has 3 fully saturated rings. The van der Waals surface area contributed by atoms with E-state index >= 15 is 0 Å². The predicted molar refractivity (Wildman–Crippen MR) is 87.7 cm³/mol. The van der Waals surface area contributed by atoms with Crippen LogP contribution in [0, 0.1) is 11.8 Å². The van der Waals surface area contributed by atoms with Gasteiger partial charge in [0.05, 0.1) is 18.6 Å². The highest BCUT2D eigenvalue weighted by Gasteiger charge is 2.46. The maximum atomic E-state index is 11.1. The minimum absolute atomic E-state index is 0.354. The summed E-state index contributed by atoms with van der Waals surface area (Å²) in [6.07, 6.45) is 5.26. The number of quaternary nitrogens is 1. The molecule has 4 heterocycles. The van der Waals surface area contributed by atoms with Crippen molar-refractivity contribution in [3.05, 3.63) is 42.1 Å². The average molecular weight is 297 g/mol. The van der Waals surface area contributed by atoms with Crippen molar-refractivity contribution < 1.29 is 10.0 Å². The van der Waals surface area contributed by atoms with Crippen molar-refractivity contribution in [1.29, 1.82) is 0 Å². The normalized spacial score (nSPS) is 32.3. The van der Waals surface area contributed by atoms with E-state index in [1.807, 2.05) is 30.5 Å². The Morgan fingerprint density at radius 3 is 2.95 bits per heavy atom. The fourth-order valence-corrected chi connectivity index (χ4v) is 4.77. The van der Waals surface area contributed by atoms with Crippen LogP contribution in [0.4, 0.5) is 0 Å². The molecule has 1 aromatic heterocycles. The lowest BCUT2D eigenvalue weighted by atomic mass is 9.72. The second-order valence-corrected chi connectivity index (χ2v) is 7.03. The molecule has 0 saturated carbocycles. The van der Waals surface area contributed by atoms with E-state index in [-0.39, 0.29) is 6.10 Å². The van der Waals surface area contributed by atoms with E-state index in [0.29, 0.717) is 6.04 Å². The number of nitrogens with one attached hydrogen (secondary N) is 1. The second kappa shape index (κ2) is 5.64. The van der Waals surface area contributed by atoms with Gasteiger partial charge in [-0.25, -0.2) is 0 Å². The predicted octanol–water partition coefficient (Wildman–Crippen LogP) is 1.97. The summed E-state index contributed by atoms with van der Waals surface area (Å²) < 4.78 is 0. The number of fused-ring (bicyclic) bond motifs is 4. The number of hydrogen-bond donors (Lipinski definition) is 2. The van der Waals surface area contributed by atoms with Gasteiger partial charge in [-0.2, -0.15) is 0 Å². The van der Waals surface area contributed by atoms with Gasteiger partial charge in [-0.15, -0.1) is 0 Å². The Balaban J connectivity index is 1.66. The van der Waals surface area contributed by atoms with Gasteiger partial charge in [0.2, 0.25) is 0 Å². The van der Waals surface area contributed by atoms with Crippen LogP contribution in [0.2, 0.25) is 0 Å². The number of benzene rings is 1. The van der Waals surface area contributed by atoms with Gasteiger partial charge in [0.1, 0.15) is 12.1 Å². The first-order valence-corrected chi connectivity index (χ1v) is 8.64. The van der Waals surface area contributed by atoms with E-state index < -0.39 is 0 Å². The van der Waals surface area contributed by atoms with Crippen molar-refractivity contribution >= 4 is 10.9 Å². The van der Waals surface area contributed by atoms with Crippen LogP contribution in [0.3, 0.4) is 0 Å². The fraction of sp³-hybridized carbons (Fsp3) is 0.526. The van der Waals surface area contributed by atoms with Crippen LogP contribution in [-0.4, -0.2) is 29.2 Å². The first-order chi connectivity index (χ1) is 10.8. The average Bonchev–Trinajstić information content (AvgIpc) is 2.60. The number of aliphatic hydroxyl groups excluding tert-OH is 1. The lowest BCUT2D eigenvalue weighted by Gasteiger charge is -2.48. The van der Waals surface area contributed by atoms with Crippen molar-refractivity contribution in [2.75, 3.05) is 13.1 Å². The molecule has 5 rings (SSSR count). The zero-order chi connectivity index (χ0) is 15.1. The molecule has 0 spiro atoms. The molecule has 1 aromatic carbocycles. The Hall–Kier alpha value is -1.45. The van der Waals surface area contributed by atoms with Crippen molar-refractivity contribution in [3.8, 4) is 0 Å². The summed E-state index contributed by atoms with van der Waals surface area (Å²) >= 11 is 0. The van der Waals surface area contributed by atoms with Crippen molar-refractivity contribution in [3.63, 3.8) is 0 Å². The zero-order valence-corrected chi connectivity index (χ0v) is 13.2. The number of pyridine rings is 1. The standard InChI is InChI=1S/C19H24N2O/c1-2-13-12-21-10-8-14(13)11-18(21)19(22)16-7-9-20-17-6-4-3-5-15(16)17/h3-7,9,13-14,18-19,22H,2,8,10-12H2,1H3/p+1/t13-,14-,18+,19+/m0/s1. The van der Waals surface area contributed by atoms with Gasteiger partial charge < -0.3 is 10.0 Å². The summed E-state index contributed by atoms with van der Waals surface area (Å²) in [4.78, 5) is 6.04. The molecule has 3 heteroatoms. The number of hydrogen-bond acceptors (Lipinski definition) is 2. The molecule has 3 saturated heterocycles. The molecule has 2 N–H and O–H groups in total.